The molecule has 0 aromatic carbocycles. The Hall–Kier alpha value is -1.75. The number of nitrogens with zero attached hydrogens (tertiary/aromatic N) is 4. The largest absolute Gasteiger partial charge is 0.368 e. The van der Waals surface area contributed by atoms with E-state index in [2.05, 4.69) is 19.9 Å². The molecular formula is C9H8ClN5. The zero-order valence-corrected chi connectivity index (χ0v) is 8.73. The number of halogens is 1. The molecule has 0 aliphatic rings. The normalized spacial score (nSPS) is 10.3. The molecule has 76 valence electrons. The average molecular weight is 222 g/mol. The minimum absolute atomic E-state index is 0.0816. The maximum Gasteiger partial charge on any atom is 0.227 e. The van der Waals surface area contributed by atoms with Gasteiger partial charge in [-0.05, 0) is 30.7 Å². The van der Waals surface area contributed by atoms with Crippen LogP contribution in [0, 0.1) is 6.92 Å². The van der Waals surface area contributed by atoms with E-state index >= 15 is 0 Å². The molecule has 0 amide bonds. The summed E-state index contributed by atoms with van der Waals surface area (Å²) in [7, 11) is 0. The zero-order valence-electron chi connectivity index (χ0n) is 7.98. The average Bonchev–Trinajstić information content (AvgIpc) is 2.17. The second kappa shape index (κ2) is 3.78. The van der Waals surface area contributed by atoms with Gasteiger partial charge in [0.15, 0.2) is 5.82 Å². The number of hydrogen-bond donors (Lipinski definition) is 1. The summed E-state index contributed by atoms with van der Waals surface area (Å²) >= 11 is 5.67. The molecule has 6 heteroatoms. The van der Waals surface area contributed by atoms with Crippen LogP contribution in [-0.4, -0.2) is 19.9 Å². The van der Waals surface area contributed by atoms with Gasteiger partial charge < -0.3 is 5.73 Å². The molecule has 2 aromatic heterocycles. The molecule has 15 heavy (non-hydrogen) atoms. The zero-order chi connectivity index (χ0) is 10.8. The van der Waals surface area contributed by atoms with Crippen LogP contribution < -0.4 is 5.73 Å². The van der Waals surface area contributed by atoms with Crippen molar-refractivity contribution in [1.29, 1.82) is 0 Å². The van der Waals surface area contributed by atoms with Crippen molar-refractivity contribution in [2.75, 3.05) is 5.73 Å². The first kappa shape index (κ1) is 9.79. The SMILES string of the molecule is Cc1ccc(-c2nc(N)nc(Cl)n2)cn1. The maximum absolute atomic E-state index is 5.67. The number of aromatic nitrogens is 4. The summed E-state index contributed by atoms with van der Waals surface area (Å²) in [5, 5.41) is 0.0816. The van der Waals surface area contributed by atoms with Gasteiger partial charge in [-0.25, -0.2) is 0 Å². The highest BCUT2D eigenvalue weighted by atomic mass is 35.5. The lowest BCUT2D eigenvalue weighted by atomic mass is 10.2. The number of anilines is 1. The van der Waals surface area contributed by atoms with E-state index < -0.39 is 0 Å². The third kappa shape index (κ3) is 2.19. The molecule has 0 unspecified atom stereocenters. The predicted octanol–water partition coefficient (Wildman–Crippen LogP) is 1.48. The van der Waals surface area contributed by atoms with Crippen LogP contribution in [0.2, 0.25) is 5.28 Å². The third-order valence-electron chi connectivity index (χ3n) is 1.79. The lowest BCUT2D eigenvalue weighted by Gasteiger charge is -2.01. The lowest BCUT2D eigenvalue weighted by Crippen LogP contribution is -2.00. The topological polar surface area (TPSA) is 77.6 Å². The molecule has 0 aliphatic carbocycles. The second-order valence-corrected chi connectivity index (χ2v) is 3.31. The Morgan fingerprint density at radius 2 is 2.00 bits per heavy atom. The fourth-order valence-corrected chi connectivity index (χ4v) is 1.26. The van der Waals surface area contributed by atoms with Gasteiger partial charge in [-0.1, -0.05) is 0 Å². The highest BCUT2D eigenvalue weighted by Gasteiger charge is 2.05. The molecule has 0 fully saturated rings. The van der Waals surface area contributed by atoms with Gasteiger partial charge in [0.25, 0.3) is 0 Å². The van der Waals surface area contributed by atoms with Crippen LogP contribution in [-0.2, 0) is 0 Å². The molecule has 2 N–H and O–H groups in total. The van der Waals surface area contributed by atoms with E-state index in [4.69, 9.17) is 17.3 Å². The van der Waals surface area contributed by atoms with Crippen LogP contribution >= 0.6 is 11.6 Å². The summed E-state index contributed by atoms with van der Waals surface area (Å²) in [5.41, 5.74) is 7.14. The third-order valence-corrected chi connectivity index (χ3v) is 1.96. The second-order valence-electron chi connectivity index (χ2n) is 2.97. The van der Waals surface area contributed by atoms with Gasteiger partial charge in [-0.15, -0.1) is 0 Å². The van der Waals surface area contributed by atoms with Crippen molar-refractivity contribution >= 4 is 17.5 Å². The van der Waals surface area contributed by atoms with E-state index in [1.54, 1.807) is 6.20 Å². The van der Waals surface area contributed by atoms with Crippen molar-refractivity contribution in [3.8, 4) is 11.4 Å². The van der Waals surface area contributed by atoms with Crippen LogP contribution in [0.3, 0.4) is 0 Å². The predicted molar refractivity (Wildman–Crippen MR) is 57.2 cm³/mol. The summed E-state index contributed by atoms with van der Waals surface area (Å²) in [4.78, 5) is 15.7. The Morgan fingerprint density at radius 1 is 1.20 bits per heavy atom. The van der Waals surface area contributed by atoms with Crippen LogP contribution in [0.5, 0.6) is 0 Å². The molecule has 0 bridgehead atoms. The van der Waals surface area contributed by atoms with Crippen molar-refractivity contribution in [1.82, 2.24) is 19.9 Å². The van der Waals surface area contributed by atoms with E-state index in [-0.39, 0.29) is 11.2 Å². The Bertz CT molecular complexity index is 462. The fraction of sp³-hybridized carbons (Fsp3) is 0.111. The van der Waals surface area contributed by atoms with Crippen LogP contribution in [0.25, 0.3) is 11.4 Å². The Kier molecular flexibility index (Phi) is 2.47. The number of nitrogen functional groups attached to an aromatic ring is 1. The highest BCUT2D eigenvalue weighted by molar-refractivity contribution is 6.28. The quantitative estimate of drug-likeness (QED) is 0.789. The molecule has 0 atom stereocenters. The molecule has 0 saturated carbocycles. The van der Waals surface area contributed by atoms with Gasteiger partial charge in [-0.2, -0.15) is 15.0 Å². The lowest BCUT2D eigenvalue weighted by molar-refractivity contribution is 1.06. The van der Waals surface area contributed by atoms with E-state index in [0.29, 0.717) is 5.82 Å². The van der Waals surface area contributed by atoms with Crippen molar-refractivity contribution in [2.45, 2.75) is 6.92 Å². The van der Waals surface area contributed by atoms with Crippen LogP contribution in [0.15, 0.2) is 18.3 Å². The molecule has 0 aliphatic heterocycles. The van der Waals surface area contributed by atoms with Gasteiger partial charge >= 0.3 is 0 Å². The van der Waals surface area contributed by atoms with Crippen LogP contribution in [0.1, 0.15) is 5.69 Å². The first-order valence-corrected chi connectivity index (χ1v) is 4.63. The molecular weight excluding hydrogens is 214 g/mol. The molecule has 2 heterocycles. The highest BCUT2D eigenvalue weighted by Crippen LogP contribution is 2.15. The number of pyridine rings is 1. The summed E-state index contributed by atoms with van der Waals surface area (Å²) < 4.78 is 0. The van der Waals surface area contributed by atoms with E-state index in [9.17, 15) is 0 Å². The van der Waals surface area contributed by atoms with E-state index in [1.165, 1.54) is 0 Å². The number of hydrogen-bond acceptors (Lipinski definition) is 5. The summed E-state index contributed by atoms with van der Waals surface area (Å²) in [6, 6.07) is 3.72. The smallest absolute Gasteiger partial charge is 0.227 e. The Balaban J connectivity index is 2.49. The van der Waals surface area contributed by atoms with Crippen molar-refractivity contribution in [3.05, 3.63) is 29.3 Å². The Labute approximate surface area is 91.4 Å². The minimum Gasteiger partial charge on any atom is -0.368 e. The molecule has 2 aromatic rings. The Morgan fingerprint density at radius 3 is 2.60 bits per heavy atom. The van der Waals surface area contributed by atoms with Crippen molar-refractivity contribution in [2.24, 2.45) is 0 Å². The first-order valence-electron chi connectivity index (χ1n) is 4.25. The molecule has 5 nitrogen and oxygen atoms in total. The number of aryl methyl sites for hydroxylation is 1. The number of rotatable bonds is 1. The fourth-order valence-electron chi connectivity index (χ4n) is 1.09. The van der Waals surface area contributed by atoms with Gasteiger partial charge in [0.2, 0.25) is 11.2 Å². The molecule has 0 saturated heterocycles. The maximum atomic E-state index is 5.67. The standard InChI is InChI=1S/C9H8ClN5/c1-5-2-3-6(4-12-5)7-13-8(10)15-9(11)14-7/h2-4H,1H3,(H2,11,13,14,15). The van der Waals surface area contributed by atoms with Gasteiger partial charge in [0.05, 0.1) is 0 Å². The van der Waals surface area contributed by atoms with Gasteiger partial charge in [0.1, 0.15) is 0 Å². The first-order chi connectivity index (χ1) is 7.15. The monoisotopic (exact) mass is 221 g/mol. The molecule has 0 spiro atoms. The molecule has 2 rings (SSSR count). The van der Waals surface area contributed by atoms with Gasteiger partial charge in [-0.3, -0.25) is 4.98 Å². The summed E-state index contributed by atoms with van der Waals surface area (Å²) in [6.45, 7) is 1.90. The van der Waals surface area contributed by atoms with Crippen molar-refractivity contribution < 1.29 is 0 Å². The number of nitrogens with two attached hydrogens (primary N) is 1. The van der Waals surface area contributed by atoms with Crippen molar-refractivity contribution in [3.63, 3.8) is 0 Å². The van der Waals surface area contributed by atoms with Gasteiger partial charge in [0, 0.05) is 17.5 Å². The van der Waals surface area contributed by atoms with E-state index in [0.717, 1.165) is 11.3 Å². The van der Waals surface area contributed by atoms with E-state index in [1.807, 2.05) is 19.1 Å². The summed E-state index contributed by atoms with van der Waals surface area (Å²) in [6.07, 6.45) is 1.67. The van der Waals surface area contributed by atoms with Crippen LogP contribution in [0.4, 0.5) is 5.95 Å². The minimum atomic E-state index is 0.0816. The molecule has 0 radical (unpaired) electrons. The summed E-state index contributed by atoms with van der Waals surface area (Å²) in [5.74, 6) is 0.533.